The normalized spacial score (nSPS) is 11.5. The third kappa shape index (κ3) is 6.10. The summed E-state index contributed by atoms with van der Waals surface area (Å²) in [5.41, 5.74) is 5.23. The first-order valence-corrected chi connectivity index (χ1v) is 10.7. The maximum absolute atomic E-state index is 12.6. The number of anilines is 1. The number of aliphatic hydroxyl groups is 1. The monoisotopic (exact) mass is 745 g/mol. The van der Waals surface area contributed by atoms with Crippen LogP contribution < -0.4 is 16.0 Å². The van der Waals surface area contributed by atoms with Crippen LogP contribution in [-0.4, -0.2) is 64.2 Å². The Morgan fingerprint density at radius 2 is 1.55 bits per heavy atom. The largest absolute Gasteiger partial charge is 0.480 e. The zero-order valence-electron chi connectivity index (χ0n) is 14.5. The molecule has 0 bridgehead atoms. The Labute approximate surface area is 204 Å². The molecule has 0 saturated carbocycles. The van der Waals surface area contributed by atoms with Crippen molar-refractivity contribution in [2.24, 2.45) is 5.73 Å². The molecule has 11 nitrogen and oxygen atoms in total. The van der Waals surface area contributed by atoms with E-state index in [1.165, 1.54) is 0 Å². The summed E-state index contributed by atoms with van der Waals surface area (Å²) in [6.45, 7) is -0.217. The lowest BCUT2D eigenvalue weighted by Gasteiger charge is -2.27. The van der Waals surface area contributed by atoms with Crippen LogP contribution >= 0.6 is 67.8 Å². The summed E-state index contributed by atoms with van der Waals surface area (Å²) in [5.74, 6) is -5.26. The summed E-state index contributed by atoms with van der Waals surface area (Å²) in [7, 11) is 0. The summed E-state index contributed by atoms with van der Waals surface area (Å²) in [6, 6.07) is 0. The number of aliphatic hydroxyl groups excluding tert-OH is 1. The van der Waals surface area contributed by atoms with Crippen molar-refractivity contribution in [3.05, 3.63) is 21.8 Å². The van der Waals surface area contributed by atoms with Gasteiger partial charge in [-0.2, -0.15) is 0 Å². The van der Waals surface area contributed by atoms with Crippen molar-refractivity contribution >= 4 is 103 Å². The minimum absolute atomic E-state index is 0.00805. The Hall–Kier alpha value is -1.28. The number of aliphatic carboxylic acids is 2. The second-order valence-corrected chi connectivity index (χ2v) is 8.70. The van der Waals surface area contributed by atoms with Crippen LogP contribution in [0, 0.1) is 10.7 Å². The third-order valence-corrected chi connectivity index (χ3v) is 6.64. The summed E-state index contributed by atoms with van der Waals surface area (Å²) >= 11 is 5.16. The predicted octanol–water partition coefficient (Wildman–Crippen LogP) is 0.212. The fourth-order valence-corrected chi connectivity index (χ4v) is 6.95. The van der Waals surface area contributed by atoms with Gasteiger partial charge < -0.3 is 31.3 Å². The van der Waals surface area contributed by atoms with E-state index in [0.717, 1.165) is 11.8 Å². The number of nitrogens with one attached hydrogen (secondary N) is 1. The number of carboxylic acid groups (broad SMARTS) is 2. The van der Waals surface area contributed by atoms with Crippen molar-refractivity contribution in [1.29, 1.82) is 0 Å². The van der Waals surface area contributed by atoms with E-state index in [0.29, 0.717) is 0 Å². The minimum Gasteiger partial charge on any atom is -0.480 e. The predicted molar refractivity (Wildman–Crippen MR) is 125 cm³/mol. The Bertz CT molecular complexity index is 906. The molecule has 158 valence electrons. The molecule has 0 aliphatic rings. The molecule has 1 aromatic carbocycles. The topological polar surface area (TPSA) is 187 Å². The molecule has 14 heteroatoms. The van der Waals surface area contributed by atoms with Crippen LogP contribution in [0.3, 0.4) is 0 Å². The van der Waals surface area contributed by atoms with Gasteiger partial charge in [0.05, 0.1) is 30.5 Å². The van der Waals surface area contributed by atoms with Gasteiger partial charge >= 0.3 is 11.9 Å². The van der Waals surface area contributed by atoms with Crippen molar-refractivity contribution in [3.63, 3.8) is 0 Å². The van der Waals surface area contributed by atoms with Gasteiger partial charge in [0.2, 0.25) is 5.91 Å². The van der Waals surface area contributed by atoms with Crippen molar-refractivity contribution < 1.29 is 39.3 Å². The molecule has 1 atom stereocenters. The van der Waals surface area contributed by atoms with Gasteiger partial charge in [0.25, 0.3) is 11.8 Å². The highest BCUT2D eigenvalue weighted by atomic mass is 127. The van der Waals surface area contributed by atoms with E-state index in [4.69, 9.17) is 15.9 Å². The molecule has 0 fully saturated rings. The van der Waals surface area contributed by atoms with E-state index in [1.54, 1.807) is 67.8 Å². The van der Waals surface area contributed by atoms with Gasteiger partial charge in [0.1, 0.15) is 6.54 Å². The molecular formula is C15H14I3N3O8. The van der Waals surface area contributed by atoms with E-state index in [9.17, 15) is 29.1 Å². The van der Waals surface area contributed by atoms with Crippen LogP contribution in [-0.2, 0) is 14.4 Å². The molecule has 0 saturated heterocycles. The molecule has 3 amide bonds. The first kappa shape index (κ1) is 25.8. The number of hydrogen-bond donors (Lipinski definition) is 5. The number of carbonyl (C=O) groups excluding carboxylic acids is 3. The third-order valence-electron chi connectivity index (χ3n) is 3.46. The Morgan fingerprint density at radius 3 is 1.97 bits per heavy atom. The quantitative estimate of drug-likeness (QED) is 0.234. The zero-order chi connectivity index (χ0) is 22.6. The number of hydrogen-bond acceptors (Lipinski definition) is 6. The first-order valence-electron chi connectivity index (χ1n) is 7.50. The first-order chi connectivity index (χ1) is 13.3. The van der Waals surface area contributed by atoms with Gasteiger partial charge in [-0.05, 0) is 67.8 Å². The summed E-state index contributed by atoms with van der Waals surface area (Å²) in [6.07, 6.45) is -1.92. The molecule has 29 heavy (non-hydrogen) atoms. The molecule has 1 unspecified atom stereocenters. The second-order valence-electron chi connectivity index (χ2n) is 5.46. The Kier molecular flexibility index (Phi) is 9.47. The van der Waals surface area contributed by atoms with E-state index in [1.807, 2.05) is 0 Å². The zero-order valence-corrected chi connectivity index (χ0v) is 21.0. The number of benzene rings is 1. The number of rotatable bonds is 8. The van der Waals surface area contributed by atoms with E-state index >= 15 is 0 Å². The minimum atomic E-state index is -1.92. The lowest BCUT2D eigenvalue weighted by atomic mass is 10.1. The molecule has 1 rings (SSSR count). The average Bonchev–Trinajstić information content (AvgIpc) is 2.57. The van der Waals surface area contributed by atoms with Crippen molar-refractivity contribution in [1.82, 2.24) is 5.32 Å². The molecular weight excluding hydrogens is 731 g/mol. The van der Waals surface area contributed by atoms with Crippen LogP contribution in [0.4, 0.5) is 5.69 Å². The maximum Gasteiger partial charge on any atom is 0.334 e. The average molecular weight is 745 g/mol. The number of carboxylic acids is 2. The van der Waals surface area contributed by atoms with Crippen molar-refractivity contribution in [2.75, 3.05) is 18.0 Å². The van der Waals surface area contributed by atoms with Gasteiger partial charge in [0.15, 0.2) is 6.10 Å². The molecule has 6 N–H and O–H groups in total. The van der Waals surface area contributed by atoms with Crippen LogP contribution in [0.2, 0.25) is 0 Å². The van der Waals surface area contributed by atoms with Crippen molar-refractivity contribution in [3.8, 4) is 0 Å². The molecule has 0 aromatic heterocycles. The number of nitrogens with two attached hydrogens (primary N) is 1. The van der Waals surface area contributed by atoms with Gasteiger partial charge in [-0.25, -0.2) is 4.79 Å². The van der Waals surface area contributed by atoms with Crippen LogP contribution in [0.25, 0.3) is 0 Å². The SMILES string of the molecule is CC(=O)N(CC(O)C(=O)O)c1c(I)c(C(N)=O)c(I)c(C(=O)NCC(=O)O)c1I. The highest BCUT2D eigenvalue weighted by Crippen LogP contribution is 2.38. The fraction of sp³-hybridized carbons (Fsp3) is 0.267. The van der Waals surface area contributed by atoms with Crippen LogP contribution in [0.5, 0.6) is 0 Å². The standard InChI is InChI=1S/C15H14I3N3O8/c1-4(22)21(3-5(23)15(28)29)12-10(17)7(13(19)26)9(16)8(11(12)18)14(27)20-2-6(24)25/h5,23H,2-3H2,1H3,(H2,19,26)(H,20,27)(H,24,25)(H,28,29). The van der Waals surface area contributed by atoms with Crippen LogP contribution in [0.1, 0.15) is 27.6 Å². The molecule has 0 radical (unpaired) electrons. The number of nitrogens with zero attached hydrogens (tertiary/aromatic N) is 1. The van der Waals surface area contributed by atoms with Crippen LogP contribution in [0.15, 0.2) is 0 Å². The van der Waals surface area contributed by atoms with E-state index in [-0.39, 0.29) is 27.5 Å². The maximum atomic E-state index is 12.6. The van der Waals surface area contributed by atoms with Gasteiger partial charge in [-0.15, -0.1) is 0 Å². The smallest absolute Gasteiger partial charge is 0.334 e. The highest BCUT2D eigenvalue weighted by Gasteiger charge is 2.32. The van der Waals surface area contributed by atoms with Gasteiger partial charge in [-0.3, -0.25) is 19.2 Å². The second kappa shape index (κ2) is 10.7. The van der Waals surface area contributed by atoms with Gasteiger partial charge in [-0.1, -0.05) is 0 Å². The van der Waals surface area contributed by atoms with Gasteiger partial charge in [0, 0.05) is 10.5 Å². The molecule has 0 aliphatic carbocycles. The molecule has 0 aliphatic heterocycles. The van der Waals surface area contributed by atoms with Crippen molar-refractivity contribution in [2.45, 2.75) is 13.0 Å². The number of primary amides is 1. The Morgan fingerprint density at radius 1 is 1.03 bits per heavy atom. The number of halogens is 3. The molecule has 0 heterocycles. The number of carbonyl (C=O) groups is 5. The highest BCUT2D eigenvalue weighted by molar-refractivity contribution is 14.1. The molecule has 1 aromatic rings. The molecule has 0 spiro atoms. The fourth-order valence-electron chi connectivity index (χ4n) is 2.18. The summed E-state index contributed by atoms with van der Waals surface area (Å²) in [5, 5.41) is 29.6. The lowest BCUT2D eigenvalue weighted by Crippen LogP contribution is -2.41. The van der Waals surface area contributed by atoms with E-state index < -0.39 is 48.9 Å². The summed E-state index contributed by atoms with van der Waals surface area (Å²) in [4.78, 5) is 59.5. The summed E-state index contributed by atoms with van der Waals surface area (Å²) < 4.78 is 0.460. The van der Waals surface area contributed by atoms with E-state index in [2.05, 4.69) is 5.32 Å². The Balaban J connectivity index is 3.78. The lowest BCUT2D eigenvalue weighted by molar-refractivity contribution is -0.146. The number of amides is 3.